The molecule has 0 radical (unpaired) electrons. The van der Waals surface area contributed by atoms with Crippen molar-refractivity contribution >= 4 is 11.8 Å². The van der Waals surface area contributed by atoms with Crippen molar-refractivity contribution in [2.24, 2.45) is 0 Å². The molecule has 3 heterocycles. The van der Waals surface area contributed by atoms with Gasteiger partial charge in [-0.25, -0.2) is 0 Å². The monoisotopic (exact) mass is 274 g/mol. The third-order valence-corrected chi connectivity index (χ3v) is 4.10. The van der Waals surface area contributed by atoms with Gasteiger partial charge in [0.15, 0.2) is 0 Å². The molecule has 0 spiro atoms. The number of hydrogen-bond donors (Lipinski definition) is 0. The normalized spacial score (nSPS) is 26.1. The molecular formula is C14H18N4O2. The molecule has 0 N–H and O–H groups in total. The average molecular weight is 274 g/mol. The van der Waals surface area contributed by atoms with Crippen molar-refractivity contribution < 1.29 is 9.59 Å². The van der Waals surface area contributed by atoms with Crippen LogP contribution in [-0.2, 0) is 16.1 Å². The minimum absolute atomic E-state index is 0.0389. The van der Waals surface area contributed by atoms with Crippen LogP contribution in [0.2, 0.25) is 0 Å². The molecule has 6 nitrogen and oxygen atoms in total. The Balaban J connectivity index is 1.82. The van der Waals surface area contributed by atoms with Crippen molar-refractivity contribution in [3.05, 3.63) is 23.8 Å². The highest BCUT2D eigenvalue weighted by atomic mass is 16.2. The summed E-state index contributed by atoms with van der Waals surface area (Å²) in [5, 5.41) is 0. The van der Waals surface area contributed by atoms with Gasteiger partial charge in [-0.15, -0.1) is 0 Å². The highest BCUT2D eigenvalue weighted by molar-refractivity contribution is 5.97. The summed E-state index contributed by atoms with van der Waals surface area (Å²) in [6, 6.07) is -0.683. The third-order valence-electron chi connectivity index (χ3n) is 4.10. The Hall–Kier alpha value is -1.98. The summed E-state index contributed by atoms with van der Waals surface area (Å²) in [6.45, 7) is 4.71. The van der Waals surface area contributed by atoms with Crippen LogP contribution in [0, 0.1) is 6.92 Å². The van der Waals surface area contributed by atoms with Gasteiger partial charge in [-0.2, -0.15) is 0 Å². The average Bonchev–Trinajstić information content (AvgIpc) is 2.93. The van der Waals surface area contributed by atoms with Gasteiger partial charge in [-0.05, 0) is 26.7 Å². The largest absolute Gasteiger partial charge is 0.329 e. The van der Waals surface area contributed by atoms with Crippen molar-refractivity contribution in [2.75, 3.05) is 6.54 Å². The number of carbonyl (C=O) groups excluding carboxylic acids is 2. The Morgan fingerprint density at radius 3 is 2.75 bits per heavy atom. The van der Waals surface area contributed by atoms with Gasteiger partial charge in [0.1, 0.15) is 12.1 Å². The predicted molar refractivity (Wildman–Crippen MR) is 71.5 cm³/mol. The first-order valence-corrected chi connectivity index (χ1v) is 6.96. The zero-order valence-electron chi connectivity index (χ0n) is 11.7. The maximum atomic E-state index is 12.5. The fourth-order valence-electron chi connectivity index (χ4n) is 2.93. The lowest BCUT2D eigenvalue weighted by Gasteiger charge is -2.40. The highest BCUT2D eigenvalue weighted by Gasteiger charge is 2.45. The fraction of sp³-hybridized carbons (Fsp3) is 0.571. The number of aryl methyl sites for hydroxylation is 1. The molecule has 2 aliphatic heterocycles. The number of nitrogens with zero attached hydrogens (tertiary/aromatic N) is 4. The standard InChI is InChI=1S/C14H18N4O2/c1-9-6-16-11(7-15-9)8-18-10(2)13(19)17-5-3-4-12(17)14(18)20/h6-7,10,12H,3-5,8H2,1-2H3/t10-,12-/m0/s1. The van der Waals surface area contributed by atoms with E-state index in [-0.39, 0.29) is 17.9 Å². The fourth-order valence-corrected chi connectivity index (χ4v) is 2.93. The van der Waals surface area contributed by atoms with Gasteiger partial charge in [-0.3, -0.25) is 19.6 Å². The number of hydrogen-bond acceptors (Lipinski definition) is 4. The maximum Gasteiger partial charge on any atom is 0.246 e. The molecule has 0 bridgehead atoms. The van der Waals surface area contributed by atoms with Gasteiger partial charge in [0.05, 0.1) is 24.1 Å². The van der Waals surface area contributed by atoms with E-state index >= 15 is 0 Å². The van der Waals surface area contributed by atoms with E-state index < -0.39 is 6.04 Å². The van der Waals surface area contributed by atoms with E-state index in [0.29, 0.717) is 13.1 Å². The lowest BCUT2D eigenvalue weighted by Crippen LogP contribution is -2.61. The summed E-state index contributed by atoms with van der Waals surface area (Å²) >= 11 is 0. The lowest BCUT2D eigenvalue weighted by atomic mass is 10.1. The molecule has 0 saturated carbocycles. The van der Waals surface area contributed by atoms with Gasteiger partial charge in [-0.1, -0.05) is 0 Å². The topological polar surface area (TPSA) is 66.4 Å². The molecule has 2 saturated heterocycles. The Bertz CT molecular complexity index is 543. The third kappa shape index (κ3) is 2.05. The summed E-state index contributed by atoms with van der Waals surface area (Å²) in [7, 11) is 0. The van der Waals surface area contributed by atoms with Crippen molar-refractivity contribution in [1.29, 1.82) is 0 Å². The Labute approximate surface area is 117 Å². The SMILES string of the molecule is Cc1cnc(CN2C(=O)[C@@H]3CCCN3C(=O)[C@@H]2C)cn1. The van der Waals surface area contributed by atoms with E-state index in [1.54, 1.807) is 29.1 Å². The van der Waals surface area contributed by atoms with Gasteiger partial charge in [0, 0.05) is 12.7 Å². The van der Waals surface area contributed by atoms with Crippen LogP contribution in [0.15, 0.2) is 12.4 Å². The molecule has 1 aromatic rings. The number of rotatable bonds is 2. The van der Waals surface area contributed by atoms with E-state index in [2.05, 4.69) is 9.97 Å². The second-order valence-electron chi connectivity index (χ2n) is 5.48. The van der Waals surface area contributed by atoms with Crippen molar-refractivity contribution in [3.8, 4) is 0 Å². The summed E-state index contributed by atoms with van der Waals surface area (Å²) in [4.78, 5) is 36.6. The van der Waals surface area contributed by atoms with Crippen molar-refractivity contribution in [1.82, 2.24) is 19.8 Å². The zero-order chi connectivity index (χ0) is 14.3. The highest BCUT2D eigenvalue weighted by Crippen LogP contribution is 2.27. The maximum absolute atomic E-state index is 12.5. The lowest BCUT2D eigenvalue weighted by molar-refractivity contribution is -0.159. The molecular weight excluding hydrogens is 256 g/mol. The van der Waals surface area contributed by atoms with Gasteiger partial charge in [0.2, 0.25) is 11.8 Å². The van der Waals surface area contributed by atoms with Gasteiger partial charge < -0.3 is 9.80 Å². The van der Waals surface area contributed by atoms with E-state index in [4.69, 9.17) is 0 Å². The van der Waals surface area contributed by atoms with E-state index in [1.807, 2.05) is 6.92 Å². The van der Waals surface area contributed by atoms with E-state index in [1.165, 1.54) is 0 Å². The van der Waals surface area contributed by atoms with E-state index in [0.717, 1.165) is 24.2 Å². The van der Waals surface area contributed by atoms with Crippen LogP contribution in [0.5, 0.6) is 0 Å². The number of piperazine rings is 1. The molecule has 0 aliphatic carbocycles. The molecule has 2 fully saturated rings. The van der Waals surface area contributed by atoms with Crippen LogP contribution in [0.3, 0.4) is 0 Å². The molecule has 2 atom stereocenters. The molecule has 2 aliphatic rings. The minimum Gasteiger partial charge on any atom is -0.329 e. The second kappa shape index (κ2) is 4.85. The first-order chi connectivity index (χ1) is 9.58. The smallest absolute Gasteiger partial charge is 0.246 e. The molecule has 3 rings (SSSR count). The first-order valence-electron chi connectivity index (χ1n) is 6.96. The molecule has 20 heavy (non-hydrogen) atoms. The molecule has 106 valence electrons. The Morgan fingerprint density at radius 1 is 1.25 bits per heavy atom. The van der Waals surface area contributed by atoms with Gasteiger partial charge in [0.25, 0.3) is 0 Å². The van der Waals surface area contributed by atoms with Crippen LogP contribution < -0.4 is 0 Å². The van der Waals surface area contributed by atoms with Crippen LogP contribution in [0.4, 0.5) is 0 Å². The van der Waals surface area contributed by atoms with Crippen LogP contribution in [0.25, 0.3) is 0 Å². The zero-order valence-corrected chi connectivity index (χ0v) is 11.7. The van der Waals surface area contributed by atoms with Gasteiger partial charge >= 0.3 is 0 Å². The number of amides is 2. The Morgan fingerprint density at radius 2 is 2.05 bits per heavy atom. The second-order valence-corrected chi connectivity index (χ2v) is 5.48. The molecule has 0 unspecified atom stereocenters. The van der Waals surface area contributed by atoms with Crippen molar-refractivity contribution in [3.63, 3.8) is 0 Å². The quantitative estimate of drug-likeness (QED) is 0.788. The molecule has 0 aromatic carbocycles. The summed E-state index contributed by atoms with van der Waals surface area (Å²) < 4.78 is 0. The molecule has 2 amide bonds. The number of fused-ring (bicyclic) bond motifs is 1. The van der Waals surface area contributed by atoms with Crippen LogP contribution in [0.1, 0.15) is 31.2 Å². The van der Waals surface area contributed by atoms with Crippen LogP contribution in [-0.4, -0.2) is 50.2 Å². The van der Waals surface area contributed by atoms with Crippen LogP contribution >= 0.6 is 0 Å². The summed E-state index contributed by atoms with van der Waals surface area (Å²) in [6.07, 6.45) is 5.03. The molecule has 6 heteroatoms. The molecule has 1 aromatic heterocycles. The first kappa shape index (κ1) is 13.0. The summed E-state index contributed by atoms with van der Waals surface area (Å²) in [5.74, 6) is 0.0872. The van der Waals surface area contributed by atoms with Crippen molar-refractivity contribution in [2.45, 2.75) is 45.3 Å². The number of carbonyl (C=O) groups is 2. The minimum atomic E-state index is -0.417. The number of aromatic nitrogens is 2. The Kier molecular flexibility index (Phi) is 3.16. The summed E-state index contributed by atoms with van der Waals surface area (Å²) in [5.41, 5.74) is 1.56. The van der Waals surface area contributed by atoms with E-state index in [9.17, 15) is 9.59 Å². The predicted octanol–water partition coefficient (Wildman–Crippen LogP) is 0.507.